The first-order valence-corrected chi connectivity index (χ1v) is 9.83. The van der Waals surface area contributed by atoms with E-state index < -0.39 is 0 Å². The molecule has 0 aromatic carbocycles. The Morgan fingerprint density at radius 1 is 1.33 bits per heavy atom. The first-order valence-electron chi connectivity index (χ1n) is 9.83. The predicted molar refractivity (Wildman–Crippen MR) is 116 cm³/mol. The van der Waals surface area contributed by atoms with Crippen LogP contribution in [0.2, 0.25) is 0 Å². The summed E-state index contributed by atoms with van der Waals surface area (Å²) in [6, 6.07) is 7.09. The molecule has 0 radical (unpaired) electrons. The van der Waals surface area contributed by atoms with Gasteiger partial charge in [0.1, 0.15) is 22.9 Å². The van der Waals surface area contributed by atoms with Crippen LogP contribution < -0.4 is 16.0 Å². The fraction of sp³-hybridized carbons (Fsp3) is 0.286. The third-order valence-corrected chi connectivity index (χ3v) is 4.81. The standard InChI is InChI=1S/C21H23N7O2/c1-12(2)25-18-14(10-22)8-15(11-24-18)26-20(29)16-5-4-13-9-17-21(30)23-6-3-7-28(17)19(13)27-16/h4-5,8-12,22H,3,6-7H2,1-2H3,(H,23,30)(H,24,25)(H,26,29). The molecule has 9 heteroatoms. The van der Waals surface area contributed by atoms with Crippen molar-refractivity contribution >= 4 is 40.6 Å². The van der Waals surface area contributed by atoms with Crippen molar-refractivity contribution in [1.29, 1.82) is 5.41 Å². The normalized spacial score (nSPS) is 13.5. The molecule has 4 rings (SSSR count). The first kappa shape index (κ1) is 19.6. The molecular formula is C21H23N7O2. The molecule has 0 saturated heterocycles. The van der Waals surface area contributed by atoms with Crippen LogP contribution in [0.5, 0.6) is 0 Å². The maximum Gasteiger partial charge on any atom is 0.274 e. The number of aromatic nitrogens is 3. The van der Waals surface area contributed by atoms with Crippen LogP contribution in [-0.2, 0) is 6.54 Å². The molecule has 0 fully saturated rings. The maximum atomic E-state index is 12.8. The number of nitrogens with one attached hydrogen (secondary N) is 4. The van der Waals surface area contributed by atoms with Gasteiger partial charge >= 0.3 is 0 Å². The number of hydrogen-bond acceptors (Lipinski definition) is 6. The Morgan fingerprint density at radius 3 is 2.93 bits per heavy atom. The summed E-state index contributed by atoms with van der Waals surface area (Å²) in [6.07, 6.45) is 3.54. The smallest absolute Gasteiger partial charge is 0.274 e. The number of aryl methyl sites for hydroxylation is 1. The van der Waals surface area contributed by atoms with E-state index in [0.29, 0.717) is 41.5 Å². The number of fused-ring (bicyclic) bond motifs is 3. The van der Waals surface area contributed by atoms with E-state index in [4.69, 9.17) is 5.41 Å². The Kier molecular flexibility index (Phi) is 5.18. The Bertz CT molecular complexity index is 1150. The van der Waals surface area contributed by atoms with E-state index in [1.807, 2.05) is 18.4 Å². The minimum absolute atomic E-state index is 0.128. The minimum Gasteiger partial charge on any atom is -0.367 e. The van der Waals surface area contributed by atoms with E-state index in [1.54, 1.807) is 30.5 Å². The number of amides is 2. The van der Waals surface area contributed by atoms with Gasteiger partial charge in [-0.25, -0.2) is 9.97 Å². The molecular weight excluding hydrogens is 382 g/mol. The fourth-order valence-electron chi connectivity index (χ4n) is 3.45. The van der Waals surface area contributed by atoms with Crippen LogP contribution in [0.1, 0.15) is 46.8 Å². The van der Waals surface area contributed by atoms with Gasteiger partial charge in [-0.05, 0) is 44.5 Å². The van der Waals surface area contributed by atoms with Crippen molar-refractivity contribution in [3.8, 4) is 0 Å². The Labute approximate surface area is 173 Å². The molecule has 1 aliphatic heterocycles. The van der Waals surface area contributed by atoms with Crippen molar-refractivity contribution in [2.75, 3.05) is 17.2 Å². The van der Waals surface area contributed by atoms with Gasteiger partial charge in [0.25, 0.3) is 11.8 Å². The Morgan fingerprint density at radius 2 is 2.17 bits per heavy atom. The average Bonchev–Trinajstić information content (AvgIpc) is 2.99. The third kappa shape index (κ3) is 3.73. The number of hydrogen-bond donors (Lipinski definition) is 4. The largest absolute Gasteiger partial charge is 0.367 e. The van der Waals surface area contributed by atoms with Gasteiger partial charge in [-0.1, -0.05) is 0 Å². The summed E-state index contributed by atoms with van der Waals surface area (Å²) < 4.78 is 1.86. The van der Waals surface area contributed by atoms with Crippen molar-refractivity contribution in [3.63, 3.8) is 0 Å². The number of anilines is 2. The molecule has 0 atom stereocenters. The zero-order valence-electron chi connectivity index (χ0n) is 16.8. The lowest BCUT2D eigenvalue weighted by atomic mass is 10.2. The van der Waals surface area contributed by atoms with Crippen LogP contribution >= 0.6 is 0 Å². The predicted octanol–water partition coefficient (Wildman–Crippen LogP) is 2.64. The van der Waals surface area contributed by atoms with E-state index in [-0.39, 0.29) is 23.6 Å². The summed E-state index contributed by atoms with van der Waals surface area (Å²) >= 11 is 0. The van der Waals surface area contributed by atoms with E-state index in [2.05, 4.69) is 25.9 Å². The summed E-state index contributed by atoms with van der Waals surface area (Å²) in [5.41, 5.74) is 2.47. The van der Waals surface area contributed by atoms with Crippen LogP contribution in [0.3, 0.4) is 0 Å². The highest BCUT2D eigenvalue weighted by Gasteiger charge is 2.20. The number of rotatable bonds is 5. The molecule has 2 amide bonds. The van der Waals surface area contributed by atoms with Gasteiger partial charge in [0.05, 0.1) is 11.9 Å². The maximum absolute atomic E-state index is 12.8. The van der Waals surface area contributed by atoms with Crippen molar-refractivity contribution < 1.29 is 9.59 Å². The molecule has 9 nitrogen and oxygen atoms in total. The molecule has 0 unspecified atom stereocenters. The van der Waals surface area contributed by atoms with Crippen molar-refractivity contribution in [3.05, 3.63) is 47.4 Å². The second kappa shape index (κ2) is 7.94. The molecule has 30 heavy (non-hydrogen) atoms. The summed E-state index contributed by atoms with van der Waals surface area (Å²) in [5.74, 6) is 0.0800. The molecule has 3 aromatic rings. The van der Waals surface area contributed by atoms with Crippen LogP contribution in [0.15, 0.2) is 30.5 Å². The van der Waals surface area contributed by atoms with Gasteiger partial charge < -0.3 is 25.9 Å². The van der Waals surface area contributed by atoms with E-state index >= 15 is 0 Å². The molecule has 0 spiro atoms. The van der Waals surface area contributed by atoms with Crippen molar-refractivity contribution in [1.82, 2.24) is 19.9 Å². The second-order valence-electron chi connectivity index (χ2n) is 7.46. The second-order valence-corrected chi connectivity index (χ2v) is 7.46. The Hall–Kier alpha value is -3.75. The van der Waals surface area contributed by atoms with Gasteiger partial charge in [-0.3, -0.25) is 9.59 Å². The molecule has 154 valence electrons. The fourth-order valence-corrected chi connectivity index (χ4v) is 3.45. The highest BCUT2D eigenvalue weighted by atomic mass is 16.2. The summed E-state index contributed by atoms with van der Waals surface area (Å²) in [5, 5.41) is 17.2. The lowest BCUT2D eigenvalue weighted by Gasteiger charge is -2.13. The lowest BCUT2D eigenvalue weighted by Crippen LogP contribution is -2.22. The quantitative estimate of drug-likeness (QED) is 0.486. The number of carbonyl (C=O) groups excluding carboxylic acids is 2. The molecule has 0 aliphatic carbocycles. The molecule has 3 aromatic heterocycles. The van der Waals surface area contributed by atoms with E-state index in [0.717, 1.165) is 11.8 Å². The first-order chi connectivity index (χ1) is 14.5. The lowest BCUT2D eigenvalue weighted by molar-refractivity contribution is 0.0950. The topological polar surface area (TPSA) is 125 Å². The van der Waals surface area contributed by atoms with E-state index in [9.17, 15) is 9.59 Å². The average molecular weight is 405 g/mol. The minimum atomic E-state index is -0.382. The van der Waals surface area contributed by atoms with E-state index in [1.165, 1.54) is 6.21 Å². The highest BCUT2D eigenvalue weighted by molar-refractivity contribution is 6.05. The number of pyridine rings is 2. The zero-order chi connectivity index (χ0) is 21.3. The van der Waals surface area contributed by atoms with Crippen LogP contribution in [0.4, 0.5) is 11.5 Å². The SMILES string of the molecule is CC(C)Nc1ncc(NC(=O)c2ccc3cc4n(c3n2)CCCNC4=O)cc1C=N. The summed E-state index contributed by atoms with van der Waals surface area (Å²) in [6.45, 7) is 5.25. The monoisotopic (exact) mass is 405 g/mol. The summed E-state index contributed by atoms with van der Waals surface area (Å²) in [7, 11) is 0. The molecule has 4 N–H and O–H groups in total. The molecule has 1 aliphatic rings. The van der Waals surface area contributed by atoms with Gasteiger partial charge in [0.15, 0.2) is 0 Å². The third-order valence-electron chi connectivity index (χ3n) is 4.81. The summed E-state index contributed by atoms with van der Waals surface area (Å²) in [4.78, 5) is 33.8. The molecule has 4 heterocycles. The van der Waals surface area contributed by atoms with Gasteiger partial charge in [-0.2, -0.15) is 0 Å². The van der Waals surface area contributed by atoms with Gasteiger partial charge in [0.2, 0.25) is 0 Å². The zero-order valence-corrected chi connectivity index (χ0v) is 16.8. The van der Waals surface area contributed by atoms with Crippen LogP contribution in [0, 0.1) is 5.41 Å². The van der Waals surface area contributed by atoms with Gasteiger partial charge in [0, 0.05) is 36.3 Å². The molecule has 0 bridgehead atoms. The highest BCUT2D eigenvalue weighted by Crippen LogP contribution is 2.22. The number of nitrogens with zero attached hydrogens (tertiary/aromatic N) is 3. The van der Waals surface area contributed by atoms with Crippen molar-refractivity contribution in [2.45, 2.75) is 32.9 Å². The van der Waals surface area contributed by atoms with Gasteiger partial charge in [-0.15, -0.1) is 0 Å². The molecule has 0 saturated carbocycles. The van der Waals surface area contributed by atoms with Crippen molar-refractivity contribution in [2.24, 2.45) is 0 Å². The Balaban J connectivity index is 1.61. The number of carbonyl (C=O) groups is 2. The van der Waals surface area contributed by atoms with Crippen LogP contribution in [0.25, 0.3) is 11.0 Å². The van der Waals surface area contributed by atoms with Crippen LogP contribution in [-0.4, -0.2) is 45.2 Å².